The summed E-state index contributed by atoms with van der Waals surface area (Å²) in [5, 5.41) is 2.77. The van der Waals surface area contributed by atoms with E-state index in [1.165, 1.54) is 17.1 Å². The highest BCUT2D eigenvalue weighted by atomic mass is 19.4. The predicted molar refractivity (Wildman–Crippen MR) is 89.8 cm³/mol. The van der Waals surface area contributed by atoms with Gasteiger partial charge in [-0.25, -0.2) is 15.0 Å². The number of halogens is 3. The van der Waals surface area contributed by atoms with E-state index in [1.807, 2.05) is 0 Å². The lowest BCUT2D eigenvalue weighted by atomic mass is 9.93. The maximum absolute atomic E-state index is 13.2. The largest absolute Gasteiger partial charge is 0.433 e. The fraction of sp³-hybridized carbons (Fsp3) is 0.529. The van der Waals surface area contributed by atoms with Crippen LogP contribution in [-0.4, -0.2) is 44.7 Å². The Hall–Kier alpha value is -2.49. The number of nitrogens with one attached hydrogen (secondary N) is 1. The summed E-state index contributed by atoms with van der Waals surface area (Å²) in [7, 11) is 3.25. The van der Waals surface area contributed by atoms with Crippen LogP contribution in [0.5, 0.6) is 0 Å². The maximum atomic E-state index is 13.2. The molecule has 1 N–H and O–H groups in total. The van der Waals surface area contributed by atoms with Crippen LogP contribution in [0.4, 0.5) is 13.2 Å². The molecule has 2 heterocycles. The molecule has 1 amide bonds. The van der Waals surface area contributed by atoms with Crippen molar-refractivity contribution in [2.45, 2.75) is 44.0 Å². The molecule has 146 valence electrons. The normalized spacial score (nSPS) is 20.5. The van der Waals surface area contributed by atoms with Crippen molar-refractivity contribution in [2.24, 2.45) is 7.05 Å². The van der Waals surface area contributed by atoms with Crippen molar-refractivity contribution in [2.75, 3.05) is 7.11 Å². The minimum Gasteiger partial charge on any atom is -0.381 e. The number of ether oxygens (including phenoxy) is 1. The Morgan fingerprint density at radius 1 is 1.26 bits per heavy atom. The number of nitrogens with zero attached hydrogens (tertiary/aromatic N) is 4. The van der Waals surface area contributed by atoms with E-state index in [0.29, 0.717) is 18.9 Å². The minimum atomic E-state index is -4.69. The molecule has 3 rings (SSSR count). The van der Waals surface area contributed by atoms with Crippen molar-refractivity contribution in [3.63, 3.8) is 0 Å². The molecule has 0 unspecified atom stereocenters. The molecule has 7 nitrogen and oxygen atoms in total. The summed E-state index contributed by atoms with van der Waals surface area (Å²) in [6, 6.07) is 0.559. The van der Waals surface area contributed by atoms with Crippen LogP contribution in [0, 0.1) is 0 Å². The molecule has 0 saturated heterocycles. The molecule has 0 aromatic carbocycles. The van der Waals surface area contributed by atoms with E-state index in [4.69, 9.17) is 4.74 Å². The summed E-state index contributed by atoms with van der Waals surface area (Å²) in [5.74, 6) is -0.842. The van der Waals surface area contributed by atoms with E-state index < -0.39 is 17.8 Å². The topological polar surface area (TPSA) is 81.9 Å². The van der Waals surface area contributed by atoms with Gasteiger partial charge >= 0.3 is 6.18 Å². The van der Waals surface area contributed by atoms with Crippen molar-refractivity contribution in [3.8, 4) is 11.5 Å². The Bertz CT molecular complexity index is 813. The fourth-order valence-corrected chi connectivity index (χ4v) is 3.10. The molecule has 1 aliphatic rings. The lowest BCUT2D eigenvalue weighted by Crippen LogP contribution is -2.39. The summed E-state index contributed by atoms with van der Waals surface area (Å²) in [6.45, 7) is 0. The van der Waals surface area contributed by atoms with Crippen molar-refractivity contribution < 1.29 is 22.7 Å². The molecule has 0 bridgehead atoms. The summed E-state index contributed by atoms with van der Waals surface area (Å²) < 4.78 is 46.5. The Morgan fingerprint density at radius 2 is 1.96 bits per heavy atom. The summed E-state index contributed by atoms with van der Waals surface area (Å²) >= 11 is 0. The second-order valence-corrected chi connectivity index (χ2v) is 6.53. The van der Waals surface area contributed by atoms with E-state index in [-0.39, 0.29) is 29.4 Å². The smallest absolute Gasteiger partial charge is 0.381 e. The number of aromatic nitrogens is 4. The van der Waals surface area contributed by atoms with Crippen molar-refractivity contribution >= 4 is 5.91 Å². The van der Waals surface area contributed by atoms with Gasteiger partial charge in [0.05, 0.1) is 18.6 Å². The van der Waals surface area contributed by atoms with E-state index >= 15 is 0 Å². The number of aryl methyl sites for hydroxylation is 1. The van der Waals surface area contributed by atoms with E-state index in [0.717, 1.165) is 12.8 Å². The molecule has 0 spiro atoms. The van der Waals surface area contributed by atoms with Gasteiger partial charge in [-0.2, -0.15) is 13.2 Å². The lowest BCUT2D eigenvalue weighted by molar-refractivity contribution is -0.141. The second kappa shape index (κ2) is 7.63. The van der Waals surface area contributed by atoms with Crippen LogP contribution >= 0.6 is 0 Å². The molecule has 2 aromatic heterocycles. The first-order valence-corrected chi connectivity index (χ1v) is 8.54. The average molecular weight is 383 g/mol. The molecule has 2 aromatic rings. The van der Waals surface area contributed by atoms with Crippen LogP contribution in [0.3, 0.4) is 0 Å². The van der Waals surface area contributed by atoms with Gasteiger partial charge in [0.25, 0.3) is 5.91 Å². The molecule has 0 aliphatic heterocycles. The van der Waals surface area contributed by atoms with Gasteiger partial charge in [-0.3, -0.25) is 4.79 Å². The molecule has 1 aliphatic carbocycles. The van der Waals surface area contributed by atoms with Crippen molar-refractivity contribution in [1.29, 1.82) is 0 Å². The number of rotatable bonds is 4. The molecular formula is C17H20F3N5O2. The number of methoxy groups -OCH3 is 1. The Balaban J connectivity index is 1.85. The van der Waals surface area contributed by atoms with Crippen LogP contribution in [0.25, 0.3) is 11.5 Å². The molecule has 0 radical (unpaired) electrons. The standard InChI is InChI=1S/C17H20F3N5O2/c1-25-9-21-8-13(25)15-23-12(7-14(24-15)17(18,19)20)16(26)22-10-3-5-11(27-2)6-4-10/h7-11H,3-6H2,1-2H3,(H,22,26). The number of amides is 1. The van der Waals surface area contributed by atoms with Crippen molar-refractivity contribution in [1.82, 2.24) is 24.8 Å². The first kappa shape index (κ1) is 19.3. The fourth-order valence-electron chi connectivity index (χ4n) is 3.10. The third-order valence-electron chi connectivity index (χ3n) is 4.64. The predicted octanol–water partition coefficient (Wildman–Crippen LogP) is 2.58. The van der Waals surface area contributed by atoms with Gasteiger partial charge in [-0.1, -0.05) is 0 Å². The van der Waals surface area contributed by atoms with E-state index in [9.17, 15) is 18.0 Å². The highest BCUT2D eigenvalue weighted by Crippen LogP contribution is 2.29. The van der Waals surface area contributed by atoms with Gasteiger partial charge in [0, 0.05) is 26.3 Å². The Morgan fingerprint density at radius 3 is 2.52 bits per heavy atom. The molecule has 10 heteroatoms. The monoisotopic (exact) mass is 383 g/mol. The van der Waals surface area contributed by atoms with Crippen molar-refractivity contribution in [3.05, 3.63) is 30.0 Å². The van der Waals surface area contributed by atoms with Gasteiger partial charge in [0.15, 0.2) is 5.82 Å². The molecule has 1 fully saturated rings. The molecule has 27 heavy (non-hydrogen) atoms. The third kappa shape index (κ3) is 4.44. The van der Waals surface area contributed by atoms with Gasteiger partial charge < -0.3 is 14.6 Å². The first-order chi connectivity index (χ1) is 12.8. The minimum absolute atomic E-state index is 0.117. The highest BCUT2D eigenvalue weighted by molar-refractivity contribution is 5.93. The number of carbonyl (C=O) groups excluding carboxylic acids is 1. The van der Waals surface area contributed by atoms with E-state index in [2.05, 4.69) is 20.3 Å². The number of alkyl halides is 3. The quantitative estimate of drug-likeness (QED) is 0.878. The van der Waals surface area contributed by atoms with Gasteiger partial charge in [-0.05, 0) is 25.7 Å². The third-order valence-corrected chi connectivity index (χ3v) is 4.64. The van der Waals surface area contributed by atoms with Crippen LogP contribution in [0.1, 0.15) is 41.9 Å². The average Bonchev–Trinajstić information content (AvgIpc) is 3.07. The van der Waals surface area contributed by atoms with Crippen LogP contribution in [-0.2, 0) is 18.0 Å². The Kier molecular flexibility index (Phi) is 5.45. The van der Waals surface area contributed by atoms with Crippen LogP contribution < -0.4 is 5.32 Å². The van der Waals surface area contributed by atoms with E-state index in [1.54, 1.807) is 14.2 Å². The number of carbonyl (C=O) groups is 1. The second-order valence-electron chi connectivity index (χ2n) is 6.53. The highest BCUT2D eigenvalue weighted by Gasteiger charge is 2.35. The summed E-state index contributed by atoms with van der Waals surface area (Å²) in [4.78, 5) is 24.0. The Labute approximate surface area is 154 Å². The summed E-state index contributed by atoms with van der Waals surface area (Å²) in [5.41, 5.74) is -1.19. The maximum Gasteiger partial charge on any atom is 0.433 e. The molecule has 0 atom stereocenters. The lowest BCUT2D eigenvalue weighted by Gasteiger charge is -2.28. The number of hydrogen-bond donors (Lipinski definition) is 1. The van der Waals surface area contributed by atoms with Gasteiger partial charge in [0.1, 0.15) is 17.1 Å². The SMILES string of the molecule is COC1CCC(NC(=O)c2cc(C(F)(F)F)nc(-c3cncn3C)n2)CC1. The number of hydrogen-bond acceptors (Lipinski definition) is 5. The number of imidazole rings is 1. The van der Waals surface area contributed by atoms with Crippen LogP contribution in [0.15, 0.2) is 18.6 Å². The zero-order valence-corrected chi connectivity index (χ0v) is 15.0. The van der Waals surface area contributed by atoms with Gasteiger partial charge in [0.2, 0.25) is 0 Å². The molecule has 1 saturated carbocycles. The van der Waals surface area contributed by atoms with Crippen LogP contribution in [0.2, 0.25) is 0 Å². The van der Waals surface area contributed by atoms with Gasteiger partial charge in [-0.15, -0.1) is 0 Å². The summed E-state index contributed by atoms with van der Waals surface area (Å²) in [6.07, 6.45) is 1.23. The zero-order chi connectivity index (χ0) is 19.6. The zero-order valence-electron chi connectivity index (χ0n) is 15.0. The molecular weight excluding hydrogens is 363 g/mol. The first-order valence-electron chi connectivity index (χ1n) is 8.54.